The van der Waals surface area contributed by atoms with E-state index in [1.54, 1.807) is 16.7 Å². The van der Waals surface area contributed by atoms with Crippen LogP contribution in [0.25, 0.3) is 0 Å². The normalized spacial score (nSPS) is 32.1. The van der Waals surface area contributed by atoms with Gasteiger partial charge in [0.2, 0.25) is 0 Å². The van der Waals surface area contributed by atoms with Crippen molar-refractivity contribution < 1.29 is 0 Å². The van der Waals surface area contributed by atoms with E-state index in [1.165, 1.54) is 25.9 Å². The molecule has 0 spiro atoms. The minimum absolute atomic E-state index is 0.179. The van der Waals surface area contributed by atoms with Gasteiger partial charge in [0.25, 0.3) is 0 Å². The number of hydrogen-bond acceptors (Lipinski definition) is 2. The largest absolute Gasteiger partial charge is 0.316 e. The Hall–Kier alpha value is 0.260. The van der Waals surface area contributed by atoms with E-state index in [2.05, 4.69) is 76.7 Å². The fourth-order valence-electron chi connectivity index (χ4n) is 5.77. The molecule has 4 heteroatoms. The molecule has 2 N–H and O–H groups in total. The summed E-state index contributed by atoms with van der Waals surface area (Å²) >= 11 is 0. The lowest BCUT2D eigenvalue weighted by molar-refractivity contribution is 0.280. The summed E-state index contributed by atoms with van der Waals surface area (Å²) < 4.78 is 0. The first-order valence-corrected chi connectivity index (χ1v) is 12.3. The monoisotopic (exact) mass is 408 g/mol. The van der Waals surface area contributed by atoms with Crippen LogP contribution in [-0.2, 0) is 0 Å². The molecule has 154 valence electrons. The van der Waals surface area contributed by atoms with Crippen LogP contribution in [0, 0.1) is 28.6 Å². The van der Waals surface area contributed by atoms with Gasteiger partial charge in [0, 0.05) is 11.1 Å². The van der Waals surface area contributed by atoms with Crippen molar-refractivity contribution in [3.8, 4) is 0 Å². The van der Waals surface area contributed by atoms with E-state index in [0.29, 0.717) is 17.8 Å². The second-order valence-electron chi connectivity index (χ2n) is 11.1. The third-order valence-corrected chi connectivity index (χ3v) is 8.81. The van der Waals surface area contributed by atoms with Crippen molar-refractivity contribution in [2.75, 3.05) is 32.3 Å². The first-order chi connectivity index (χ1) is 12.5. The zero-order chi connectivity index (χ0) is 20.0. The van der Waals surface area contributed by atoms with E-state index in [1.807, 2.05) is 0 Å². The fourth-order valence-corrected chi connectivity index (χ4v) is 7.02. The Bertz CT molecular complexity index is 593. The van der Waals surface area contributed by atoms with Crippen molar-refractivity contribution >= 4 is 18.5 Å². The molecule has 1 aliphatic carbocycles. The van der Waals surface area contributed by atoms with Crippen molar-refractivity contribution in [3.05, 3.63) is 22.8 Å². The molecule has 27 heavy (non-hydrogen) atoms. The molecule has 0 amide bonds. The number of allylic oxidation sites excluding steroid dienone is 4. The third-order valence-electron chi connectivity index (χ3n) is 7.13. The summed E-state index contributed by atoms with van der Waals surface area (Å²) in [5.74, 6) is 1.95. The van der Waals surface area contributed by atoms with Crippen LogP contribution >= 0.6 is 18.5 Å². The van der Waals surface area contributed by atoms with Gasteiger partial charge in [-0.05, 0) is 79.0 Å². The Kier molecular flexibility index (Phi) is 6.37. The summed E-state index contributed by atoms with van der Waals surface area (Å²) in [6, 6.07) is 0. The maximum absolute atomic E-state index is 3.67. The smallest absolute Gasteiger partial charge is 0.0181 e. The molecule has 5 atom stereocenters. The lowest BCUT2D eigenvalue weighted by atomic mass is 9.65. The molecule has 0 radical (unpaired) electrons. The predicted molar refractivity (Wildman–Crippen MR) is 126 cm³/mol. The van der Waals surface area contributed by atoms with Crippen LogP contribution in [0.4, 0.5) is 0 Å². The molecule has 0 saturated carbocycles. The predicted octanol–water partition coefficient (Wildman–Crippen LogP) is 4.64. The maximum atomic E-state index is 3.67. The van der Waals surface area contributed by atoms with Gasteiger partial charge in [-0.1, -0.05) is 53.2 Å². The average Bonchev–Trinajstić information content (AvgIpc) is 3.32. The van der Waals surface area contributed by atoms with Crippen LogP contribution in [0.2, 0.25) is 0 Å². The molecule has 0 aromatic carbocycles. The van der Waals surface area contributed by atoms with Gasteiger partial charge in [-0.15, -0.1) is 18.5 Å². The highest BCUT2D eigenvalue weighted by atomic mass is 31.0. The molecule has 2 fully saturated rings. The average molecular weight is 409 g/mol. The standard InChI is InChI=1S/C23H42N2P2/c1-21(2,3)18-11-15(14-26)19(20(18)22(4,5)6)23(27,16-7-9-24-12-16)17-8-10-25-13-17/h11,16-18,24-25H,7-10,12-14,26-27H2,1-6H3. The van der Waals surface area contributed by atoms with E-state index < -0.39 is 0 Å². The van der Waals surface area contributed by atoms with Gasteiger partial charge in [-0.3, -0.25) is 0 Å². The molecule has 5 unspecified atom stereocenters. The van der Waals surface area contributed by atoms with E-state index in [4.69, 9.17) is 0 Å². The van der Waals surface area contributed by atoms with Crippen LogP contribution < -0.4 is 10.6 Å². The van der Waals surface area contributed by atoms with Crippen molar-refractivity contribution in [1.82, 2.24) is 10.6 Å². The van der Waals surface area contributed by atoms with Crippen molar-refractivity contribution in [1.29, 1.82) is 0 Å². The van der Waals surface area contributed by atoms with Gasteiger partial charge in [-0.25, -0.2) is 0 Å². The van der Waals surface area contributed by atoms with Crippen LogP contribution in [0.3, 0.4) is 0 Å². The van der Waals surface area contributed by atoms with Crippen LogP contribution in [0.15, 0.2) is 22.8 Å². The molecule has 3 rings (SSSR count). The van der Waals surface area contributed by atoms with Crippen molar-refractivity contribution in [2.24, 2.45) is 28.6 Å². The summed E-state index contributed by atoms with van der Waals surface area (Å²) in [5.41, 5.74) is 5.45. The minimum atomic E-state index is 0.179. The Morgan fingerprint density at radius 3 is 1.81 bits per heavy atom. The van der Waals surface area contributed by atoms with Crippen LogP contribution in [-0.4, -0.2) is 37.5 Å². The Morgan fingerprint density at radius 2 is 1.48 bits per heavy atom. The molecule has 2 aliphatic heterocycles. The van der Waals surface area contributed by atoms with Gasteiger partial charge in [0.05, 0.1) is 0 Å². The molecule has 2 nitrogen and oxygen atoms in total. The molecular weight excluding hydrogens is 366 g/mol. The summed E-state index contributed by atoms with van der Waals surface area (Å²) in [6.07, 6.45) is 6.29. The Morgan fingerprint density at radius 1 is 0.963 bits per heavy atom. The SMILES string of the molecule is CC(C)(C)C1=C(C(P)(C2CCNC2)C2CCNC2)C(CP)=CC1C(C)(C)C. The van der Waals surface area contributed by atoms with Gasteiger partial charge in [0.1, 0.15) is 0 Å². The second kappa shape index (κ2) is 7.83. The molecule has 0 aromatic rings. The zero-order valence-corrected chi connectivity index (χ0v) is 20.7. The third kappa shape index (κ3) is 3.99. The molecule has 2 heterocycles. The molecule has 3 aliphatic rings. The highest BCUT2D eigenvalue weighted by Gasteiger charge is 2.52. The lowest BCUT2D eigenvalue weighted by Gasteiger charge is -2.46. The number of rotatable bonds is 4. The molecule has 2 saturated heterocycles. The highest BCUT2D eigenvalue weighted by Crippen LogP contribution is 2.58. The second-order valence-corrected chi connectivity index (χ2v) is 12.5. The Labute approximate surface area is 172 Å². The van der Waals surface area contributed by atoms with Gasteiger partial charge in [0.15, 0.2) is 0 Å². The first kappa shape index (κ1) is 22.0. The first-order valence-electron chi connectivity index (χ1n) is 10.9. The topological polar surface area (TPSA) is 24.1 Å². The van der Waals surface area contributed by atoms with E-state index in [9.17, 15) is 0 Å². The summed E-state index contributed by atoms with van der Waals surface area (Å²) in [7, 11) is 6.49. The maximum Gasteiger partial charge on any atom is 0.0181 e. The molecule has 0 aromatic heterocycles. The zero-order valence-electron chi connectivity index (χ0n) is 18.4. The summed E-state index contributed by atoms with van der Waals surface area (Å²) in [4.78, 5) is 0. The number of nitrogens with one attached hydrogen (secondary N) is 2. The van der Waals surface area contributed by atoms with Gasteiger partial charge < -0.3 is 10.6 Å². The Balaban J connectivity index is 2.23. The van der Waals surface area contributed by atoms with Crippen LogP contribution in [0.5, 0.6) is 0 Å². The van der Waals surface area contributed by atoms with Crippen molar-refractivity contribution in [3.63, 3.8) is 0 Å². The minimum Gasteiger partial charge on any atom is -0.316 e. The van der Waals surface area contributed by atoms with Gasteiger partial charge >= 0.3 is 0 Å². The lowest BCUT2D eigenvalue weighted by Crippen LogP contribution is -2.45. The quantitative estimate of drug-likeness (QED) is 0.663. The van der Waals surface area contributed by atoms with Crippen molar-refractivity contribution in [2.45, 2.75) is 59.5 Å². The van der Waals surface area contributed by atoms with E-state index in [0.717, 1.165) is 19.3 Å². The van der Waals surface area contributed by atoms with E-state index in [-0.39, 0.29) is 16.0 Å². The molecular formula is C23H42N2P2. The van der Waals surface area contributed by atoms with E-state index >= 15 is 0 Å². The highest BCUT2D eigenvalue weighted by molar-refractivity contribution is 7.19. The number of hydrogen-bond donors (Lipinski definition) is 2. The molecule has 0 bridgehead atoms. The van der Waals surface area contributed by atoms with Gasteiger partial charge in [-0.2, -0.15) is 0 Å². The summed E-state index contributed by atoms with van der Waals surface area (Å²) in [5, 5.41) is 7.52. The fraction of sp³-hybridized carbons (Fsp3) is 0.826. The van der Waals surface area contributed by atoms with Crippen LogP contribution in [0.1, 0.15) is 54.4 Å². The summed E-state index contributed by atoms with van der Waals surface area (Å²) in [6.45, 7) is 19.2.